The summed E-state index contributed by atoms with van der Waals surface area (Å²) in [5, 5.41) is 14.6. The second-order valence-corrected chi connectivity index (χ2v) is 6.21. The number of nitrogens with zero attached hydrogens (tertiary/aromatic N) is 5. The van der Waals surface area contributed by atoms with Crippen LogP contribution in [0.4, 0.5) is 0 Å². The molecule has 1 saturated heterocycles. The van der Waals surface area contributed by atoms with Crippen molar-refractivity contribution in [1.29, 1.82) is 0 Å². The summed E-state index contributed by atoms with van der Waals surface area (Å²) >= 11 is 0. The lowest BCUT2D eigenvalue weighted by Gasteiger charge is -2.15. The quantitative estimate of drug-likeness (QED) is 0.204. The van der Waals surface area contributed by atoms with Crippen LogP contribution in [-0.2, 0) is 22.5 Å². The average molecular weight is 493 g/mol. The van der Waals surface area contributed by atoms with Crippen LogP contribution in [0.15, 0.2) is 11.3 Å². The zero-order valence-corrected chi connectivity index (χ0v) is 18.6. The third-order valence-corrected chi connectivity index (χ3v) is 4.28. The molecule has 0 spiro atoms. The number of aliphatic imine (C=N–C) groups is 1. The van der Waals surface area contributed by atoms with Gasteiger partial charge in [-0.3, -0.25) is 9.79 Å². The maximum atomic E-state index is 11.6. The molecule has 2 rings (SSSR count). The first-order valence-electron chi connectivity index (χ1n) is 9.40. The Hall–Kier alpha value is -1.43. The maximum Gasteiger partial charge on any atom is 0.222 e. The number of aromatic nitrogens is 3. The second-order valence-electron chi connectivity index (χ2n) is 6.21. The number of methoxy groups -OCH3 is 1. The van der Waals surface area contributed by atoms with E-state index in [1.165, 1.54) is 0 Å². The minimum atomic E-state index is 0. The number of guanidine groups is 1. The Bertz CT molecular complexity index is 579. The van der Waals surface area contributed by atoms with Crippen molar-refractivity contribution in [2.24, 2.45) is 4.99 Å². The molecule has 2 N–H and O–H groups in total. The molecule has 27 heavy (non-hydrogen) atoms. The Labute approximate surface area is 178 Å². The molecule has 0 bridgehead atoms. The number of ether oxygens (including phenoxy) is 1. The first-order valence-corrected chi connectivity index (χ1v) is 9.40. The Balaban J connectivity index is 0.00000364. The lowest BCUT2D eigenvalue weighted by molar-refractivity contribution is -0.127. The fourth-order valence-electron chi connectivity index (χ4n) is 2.87. The number of carbonyl (C=O) groups is 1. The normalized spacial score (nSPS) is 14.4. The molecule has 2 heterocycles. The first-order chi connectivity index (χ1) is 12.7. The highest BCUT2D eigenvalue weighted by atomic mass is 127. The van der Waals surface area contributed by atoms with E-state index >= 15 is 0 Å². The number of likely N-dealkylation sites (tertiary alicyclic amines) is 1. The van der Waals surface area contributed by atoms with Crippen LogP contribution in [0.25, 0.3) is 0 Å². The molecule has 1 aromatic heterocycles. The fourth-order valence-corrected chi connectivity index (χ4v) is 2.87. The van der Waals surface area contributed by atoms with E-state index in [1.807, 2.05) is 9.47 Å². The Kier molecular flexibility index (Phi) is 12.0. The molecule has 0 aliphatic carbocycles. The van der Waals surface area contributed by atoms with Crippen LogP contribution in [0, 0.1) is 0 Å². The van der Waals surface area contributed by atoms with Crippen LogP contribution in [0.5, 0.6) is 0 Å². The minimum absolute atomic E-state index is 0. The van der Waals surface area contributed by atoms with Gasteiger partial charge in [0.05, 0.1) is 6.61 Å². The van der Waals surface area contributed by atoms with Gasteiger partial charge in [0.2, 0.25) is 5.91 Å². The highest BCUT2D eigenvalue weighted by Gasteiger charge is 2.18. The number of carbonyl (C=O) groups excluding carboxylic acids is 1. The molecule has 1 aliphatic heterocycles. The van der Waals surface area contributed by atoms with Crippen LogP contribution >= 0.6 is 24.0 Å². The van der Waals surface area contributed by atoms with Gasteiger partial charge in [-0.1, -0.05) is 6.92 Å². The standard InChI is InChI=1S/C17H31N7O2.HI/c1-3-15-22-21-14-24(15)12-8-19-17(20-9-13-26-2)18-7-5-11-23-10-4-6-16(23)25;/h14H,3-13H2,1-2H3,(H2,18,19,20);1H. The van der Waals surface area contributed by atoms with Crippen LogP contribution in [0.1, 0.15) is 32.0 Å². The number of halogens is 1. The average Bonchev–Trinajstić information content (AvgIpc) is 3.27. The summed E-state index contributed by atoms with van der Waals surface area (Å²) in [5.41, 5.74) is 0. The minimum Gasteiger partial charge on any atom is -0.383 e. The number of aryl methyl sites for hydroxylation is 1. The van der Waals surface area contributed by atoms with E-state index in [2.05, 4.69) is 32.7 Å². The third-order valence-electron chi connectivity index (χ3n) is 4.28. The van der Waals surface area contributed by atoms with Crippen LogP contribution in [0.3, 0.4) is 0 Å². The van der Waals surface area contributed by atoms with E-state index in [4.69, 9.17) is 4.74 Å². The highest BCUT2D eigenvalue weighted by molar-refractivity contribution is 14.0. The van der Waals surface area contributed by atoms with Gasteiger partial charge in [0.1, 0.15) is 12.2 Å². The molecule has 0 aromatic carbocycles. The summed E-state index contributed by atoms with van der Waals surface area (Å²) in [6.07, 6.45) is 5.16. The molecule has 0 radical (unpaired) electrons. The molecule has 10 heteroatoms. The molecule has 9 nitrogen and oxygen atoms in total. The predicted molar refractivity (Wildman–Crippen MR) is 115 cm³/mol. The number of hydrogen-bond acceptors (Lipinski definition) is 5. The van der Waals surface area contributed by atoms with Crippen molar-refractivity contribution in [3.05, 3.63) is 12.2 Å². The van der Waals surface area contributed by atoms with E-state index in [0.717, 1.165) is 57.2 Å². The number of nitrogens with one attached hydrogen (secondary N) is 2. The summed E-state index contributed by atoms with van der Waals surface area (Å²) in [6, 6.07) is 0. The molecular weight excluding hydrogens is 461 g/mol. The summed E-state index contributed by atoms with van der Waals surface area (Å²) in [7, 11) is 1.68. The van der Waals surface area contributed by atoms with E-state index in [9.17, 15) is 4.79 Å². The molecular formula is C17H32IN7O2. The van der Waals surface area contributed by atoms with Gasteiger partial charge in [-0.25, -0.2) is 0 Å². The molecule has 0 atom stereocenters. The summed E-state index contributed by atoms with van der Waals surface area (Å²) in [5.74, 6) is 2.01. The second kappa shape index (κ2) is 13.7. The van der Waals surface area contributed by atoms with Gasteiger partial charge in [-0.2, -0.15) is 0 Å². The first kappa shape index (κ1) is 23.6. The van der Waals surface area contributed by atoms with Crippen LogP contribution in [-0.4, -0.2) is 78.0 Å². The van der Waals surface area contributed by atoms with Crippen molar-refractivity contribution in [3.63, 3.8) is 0 Å². The fraction of sp³-hybridized carbons (Fsp3) is 0.765. The smallest absolute Gasteiger partial charge is 0.222 e. The molecule has 0 unspecified atom stereocenters. The van der Waals surface area contributed by atoms with Gasteiger partial charge < -0.3 is 24.8 Å². The van der Waals surface area contributed by atoms with Crippen molar-refractivity contribution >= 4 is 35.8 Å². The lowest BCUT2D eigenvalue weighted by Crippen LogP contribution is -2.40. The van der Waals surface area contributed by atoms with Crippen molar-refractivity contribution < 1.29 is 9.53 Å². The molecule has 154 valence electrons. The van der Waals surface area contributed by atoms with Crippen molar-refractivity contribution in [3.8, 4) is 0 Å². The molecule has 0 saturated carbocycles. The molecule has 1 aromatic rings. The highest BCUT2D eigenvalue weighted by Crippen LogP contribution is 2.09. The topological polar surface area (TPSA) is 96.7 Å². The van der Waals surface area contributed by atoms with Crippen molar-refractivity contribution in [2.45, 2.75) is 39.2 Å². The van der Waals surface area contributed by atoms with Crippen molar-refractivity contribution in [1.82, 2.24) is 30.3 Å². The maximum absolute atomic E-state index is 11.6. The van der Waals surface area contributed by atoms with E-state index < -0.39 is 0 Å². The SMILES string of the molecule is CCc1nncn1CCNC(=NCCCN1CCCC1=O)NCCOC.I. The zero-order valence-electron chi connectivity index (χ0n) is 16.3. The Morgan fingerprint density at radius 3 is 2.85 bits per heavy atom. The molecule has 1 aliphatic rings. The van der Waals surface area contributed by atoms with Gasteiger partial charge in [0.15, 0.2) is 5.96 Å². The predicted octanol–water partition coefficient (Wildman–Crippen LogP) is 0.653. The molecule has 1 amide bonds. The van der Waals surface area contributed by atoms with E-state index in [-0.39, 0.29) is 29.9 Å². The lowest BCUT2D eigenvalue weighted by atomic mass is 10.4. The van der Waals surface area contributed by atoms with Gasteiger partial charge in [-0.05, 0) is 12.8 Å². The van der Waals surface area contributed by atoms with Gasteiger partial charge in [0, 0.05) is 59.2 Å². The number of rotatable bonds is 11. The van der Waals surface area contributed by atoms with Crippen LogP contribution < -0.4 is 10.6 Å². The van der Waals surface area contributed by atoms with Crippen molar-refractivity contribution in [2.75, 3.05) is 46.4 Å². The van der Waals surface area contributed by atoms with Gasteiger partial charge in [-0.15, -0.1) is 34.2 Å². The molecule has 1 fully saturated rings. The number of amides is 1. The van der Waals surface area contributed by atoms with E-state index in [1.54, 1.807) is 13.4 Å². The van der Waals surface area contributed by atoms with Gasteiger partial charge in [0.25, 0.3) is 0 Å². The monoisotopic (exact) mass is 493 g/mol. The summed E-state index contributed by atoms with van der Waals surface area (Å²) in [4.78, 5) is 18.2. The summed E-state index contributed by atoms with van der Waals surface area (Å²) < 4.78 is 7.12. The largest absolute Gasteiger partial charge is 0.383 e. The zero-order chi connectivity index (χ0) is 18.6. The summed E-state index contributed by atoms with van der Waals surface area (Å²) in [6.45, 7) is 7.25. The Morgan fingerprint density at radius 1 is 1.33 bits per heavy atom. The third kappa shape index (κ3) is 8.41. The van der Waals surface area contributed by atoms with Crippen LogP contribution in [0.2, 0.25) is 0 Å². The van der Waals surface area contributed by atoms with Gasteiger partial charge >= 0.3 is 0 Å². The Morgan fingerprint density at radius 2 is 2.15 bits per heavy atom. The van der Waals surface area contributed by atoms with E-state index in [0.29, 0.717) is 26.1 Å². The number of hydrogen-bond donors (Lipinski definition) is 2.